The Kier molecular flexibility index (Phi) is 5.06. The Bertz CT molecular complexity index is 904. The molecule has 1 aromatic heterocycles. The maximum absolute atomic E-state index is 13.4. The topological polar surface area (TPSA) is 60.5 Å². The van der Waals surface area contributed by atoms with Gasteiger partial charge in [0.15, 0.2) is 6.61 Å². The highest BCUT2D eigenvalue weighted by atomic mass is 35.5. The molecule has 154 valence electrons. The van der Waals surface area contributed by atoms with Crippen LogP contribution >= 0.6 is 11.6 Å². The van der Waals surface area contributed by atoms with E-state index in [2.05, 4.69) is 10.3 Å². The normalized spacial score (nSPS) is 24.4. The van der Waals surface area contributed by atoms with Gasteiger partial charge < -0.3 is 14.8 Å². The maximum Gasteiger partial charge on any atom is 0.265 e. The van der Waals surface area contributed by atoms with Crippen molar-refractivity contribution in [1.82, 2.24) is 10.3 Å². The summed E-state index contributed by atoms with van der Waals surface area (Å²) in [6.45, 7) is 0.207. The van der Waals surface area contributed by atoms with E-state index < -0.39 is 12.2 Å². The Morgan fingerprint density at radius 2 is 1.97 bits per heavy atom. The first kappa shape index (κ1) is 19.8. The van der Waals surface area contributed by atoms with Crippen LogP contribution in [0.25, 0.3) is 0 Å². The van der Waals surface area contributed by atoms with Crippen molar-refractivity contribution in [2.24, 2.45) is 5.41 Å². The van der Waals surface area contributed by atoms with Crippen LogP contribution in [0.1, 0.15) is 31.3 Å². The molecule has 3 aliphatic rings. The van der Waals surface area contributed by atoms with Gasteiger partial charge in [0.2, 0.25) is 5.88 Å². The molecule has 0 spiro atoms. The number of ether oxygens (including phenoxy) is 2. The summed E-state index contributed by atoms with van der Waals surface area (Å²) in [4.78, 5) is 16.0. The van der Waals surface area contributed by atoms with Crippen molar-refractivity contribution in [2.45, 2.75) is 31.2 Å². The summed E-state index contributed by atoms with van der Waals surface area (Å²) in [7, 11) is 0. The lowest BCUT2D eigenvalue weighted by Crippen LogP contribution is -2.76. The molecular weight excluding hydrogens is 409 g/mol. The molecule has 0 aliphatic heterocycles. The quantitative estimate of drug-likeness (QED) is 0.683. The number of hydrogen-bond donors (Lipinski definition) is 1. The van der Waals surface area contributed by atoms with Crippen molar-refractivity contribution in [3.05, 3.63) is 52.9 Å². The van der Waals surface area contributed by atoms with Crippen LogP contribution in [0.2, 0.25) is 5.02 Å². The lowest BCUT2D eigenvalue weighted by atomic mass is 9.39. The van der Waals surface area contributed by atoms with E-state index in [1.54, 1.807) is 0 Å². The van der Waals surface area contributed by atoms with E-state index >= 15 is 0 Å². The van der Waals surface area contributed by atoms with Gasteiger partial charge in [-0.1, -0.05) is 11.6 Å². The van der Waals surface area contributed by atoms with Crippen LogP contribution in [-0.2, 0) is 4.79 Å². The number of amides is 1. The first-order chi connectivity index (χ1) is 13.8. The SMILES string of the molecule is O=C(COc1ccc(Cl)c(F)c1)NC12CC(COc3ccc(C(F)F)cn3)(C1)C2. The highest BCUT2D eigenvalue weighted by molar-refractivity contribution is 6.30. The predicted molar refractivity (Wildman–Crippen MR) is 98.8 cm³/mol. The Hall–Kier alpha value is -2.48. The molecule has 0 atom stereocenters. The summed E-state index contributed by atoms with van der Waals surface area (Å²) in [6.07, 6.45) is 0.875. The molecule has 5 nitrogen and oxygen atoms in total. The number of nitrogens with one attached hydrogen (secondary N) is 1. The van der Waals surface area contributed by atoms with Crippen molar-refractivity contribution in [1.29, 1.82) is 0 Å². The molecule has 1 amide bonds. The van der Waals surface area contributed by atoms with E-state index in [0.29, 0.717) is 12.5 Å². The lowest BCUT2D eigenvalue weighted by Gasteiger charge is -2.70. The van der Waals surface area contributed by atoms with Gasteiger partial charge in [0, 0.05) is 34.8 Å². The Balaban J connectivity index is 1.19. The number of alkyl halides is 2. The second-order valence-electron chi connectivity index (χ2n) is 7.74. The van der Waals surface area contributed by atoms with Gasteiger partial charge >= 0.3 is 0 Å². The van der Waals surface area contributed by atoms with E-state index in [0.717, 1.165) is 31.5 Å². The Labute approximate surface area is 170 Å². The number of carbonyl (C=O) groups is 1. The fourth-order valence-electron chi connectivity index (χ4n) is 4.16. The molecule has 29 heavy (non-hydrogen) atoms. The molecule has 2 aromatic rings. The number of aromatic nitrogens is 1. The average Bonchev–Trinajstić information content (AvgIpc) is 2.64. The van der Waals surface area contributed by atoms with E-state index in [-0.39, 0.29) is 39.8 Å². The van der Waals surface area contributed by atoms with Crippen LogP contribution in [0.4, 0.5) is 13.2 Å². The highest BCUT2D eigenvalue weighted by Crippen LogP contribution is 2.67. The second kappa shape index (κ2) is 7.40. The van der Waals surface area contributed by atoms with Crippen molar-refractivity contribution >= 4 is 17.5 Å². The second-order valence-corrected chi connectivity index (χ2v) is 8.15. The summed E-state index contributed by atoms with van der Waals surface area (Å²) >= 11 is 5.61. The molecule has 1 heterocycles. The van der Waals surface area contributed by atoms with Gasteiger partial charge in [-0.3, -0.25) is 4.79 Å². The van der Waals surface area contributed by atoms with Crippen LogP contribution < -0.4 is 14.8 Å². The molecule has 3 aliphatic carbocycles. The molecular formula is C20H18ClF3N2O3. The Morgan fingerprint density at radius 3 is 2.59 bits per heavy atom. The molecule has 2 bridgehead atoms. The number of carbonyl (C=O) groups excluding carboxylic acids is 1. The van der Waals surface area contributed by atoms with Crippen molar-refractivity contribution < 1.29 is 27.4 Å². The van der Waals surface area contributed by atoms with Gasteiger partial charge in [-0.25, -0.2) is 18.2 Å². The fraction of sp³-hybridized carbons (Fsp3) is 0.400. The number of benzene rings is 1. The van der Waals surface area contributed by atoms with Crippen LogP contribution in [-0.4, -0.2) is 29.6 Å². The largest absolute Gasteiger partial charge is 0.484 e. The summed E-state index contributed by atoms with van der Waals surface area (Å²) in [5.41, 5.74) is -0.411. The number of nitrogens with zero attached hydrogens (tertiary/aromatic N) is 1. The third kappa shape index (κ3) is 4.12. The third-order valence-corrected chi connectivity index (χ3v) is 5.65. The monoisotopic (exact) mass is 426 g/mol. The molecule has 0 saturated heterocycles. The van der Waals surface area contributed by atoms with E-state index in [1.165, 1.54) is 24.3 Å². The predicted octanol–water partition coefficient (Wildman–Crippen LogP) is 4.31. The zero-order valence-electron chi connectivity index (χ0n) is 15.3. The fourth-order valence-corrected chi connectivity index (χ4v) is 4.28. The van der Waals surface area contributed by atoms with E-state index in [4.69, 9.17) is 21.1 Å². The standard InChI is InChI=1S/C20H18ClF3N2O3/c21-14-3-2-13(5-15(14)22)28-7-16(27)26-20-8-19(9-20,10-20)11-29-17-4-1-12(6-25-17)18(23)24/h1-6,18H,7-11H2,(H,26,27). The van der Waals surface area contributed by atoms with Gasteiger partial charge in [0.05, 0.1) is 11.6 Å². The lowest BCUT2D eigenvalue weighted by molar-refractivity contribution is -0.180. The summed E-state index contributed by atoms with van der Waals surface area (Å²) in [5, 5.41) is 2.95. The molecule has 0 unspecified atom stereocenters. The van der Waals surface area contributed by atoms with Gasteiger partial charge in [-0.05, 0) is 37.5 Å². The first-order valence-electron chi connectivity index (χ1n) is 9.04. The van der Waals surface area contributed by atoms with E-state index in [1.807, 2.05) is 0 Å². The minimum atomic E-state index is -2.56. The van der Waals surface area contributed by atoms with Crippen molar-refractivity contribution in [3.8, 4) is 11.6 Å². The Morgan fingerprint density at radius 1 is 1.21 bits per heavy atom. The van der Waals surface area contributed by atoms with Gasteiger partial charge in [0.1, 0.15) is 11.6 Å². The number of halogens is 4. The minimum absolute atomic E-state index is 0.0108. The zero-order chi connectivity index (χ0) is 20.6. The first-order valence-corrected chi connectivity index (χ1v) is 9.42. The number of hydrogen-bond acceptors (Lipinski definition) is 4. The zero-order valence-corrected chi connectivity index (χ0v) is 16.0. The molecule has 5 rings (SSSR count). The van der Waals surface area contributed by atoms with Crippen LogP contribution in [0, 0.1) is 11.2 Å². The summed E-state index contributed by atoms with van der Waals surface area (Å²) in [5.74, 6) is -0.348. The maximum atomic E-state index is 13.4. The minimum Gasteiger partial charge on any atom is -0.484 e. The molecule has 1 N–H and O–H groups in total. The van der Waals surface area contributed by atoms with Crippen LogP contribution in [0.15, 0.2) is 36.5 Å². The number of rotatable bonds is 8. The molecule has 1 aromatic carbocycles. The summed E-state index contributed by atoms with van der Waals surface area (Å²) < 4.78 is 49.4. The van der Waals surface area contributed by atoms with Crippen molar-refractivity contribution in [2.75, 3.05) is 13.2 Å². The van der Waals surface area contributed by atoms with Gasteiger partial charge in [-0.2, -0.15) is 0 Å². The van der Waals surface area contributed by atoms with Crippen molar-refractivity contribution in [3.63, 3.8) is 0 Å². The smallest absolute Gasteiger partial charge is 0.265 e. The number of pyridine rings is 1. The average molecular weight is 427 g/mol. The van der Waals surface area contributed by atoms with Gasteiger partial charge in [0.25, 0.3) is 12.3 Å². The highest BCUT2D eigenvalue weighted by Gasteiger charge is 2.68. The molecule has 9 heteroatoms. The van der Waals surface area contributed by atoms with Crippen LogP contribution in [0.5, 0.6) is 11.6 Å². The molecule has 3 fully saturated rings. The van der Waals surface area contributed by atoms with Gasteiger partial charge in [-0.15, -0.1) is 0 Å². The summed E-state index contributed by atoms with van der Waals surface area (Å²) in [6, 6.07) is 6.72. The third-order valence-electron chi connectivity index (χ3n) is 5.34. The molecule has 3 saturated carbocycles. The van der Waals surface area contributed by atoms with E-state index in [9.17, 15) is 18.0 Å². The van der Waals surface area contributed by atoms with Crippen LogP contribution in [0.3, 0.4) is 0 Å². The molecule has 0 radical (unpaired) electrons.